The fourth-order valence-corrected chi connectivity index (χ4v) is 4.18. The molecule has 1 saturated heterocycles. The fourth-order valence-electron chi connectivity index (χ4n) is 4.18. The highest BCUT2D eigenvalue weighted by atomic mass is 16.3. The first kappa shape index (κ1) is 22.0. The van der Waals surface area contributed by atoms with E-state index in [9.17, 15) is 5.11 Å². The molecule has 0 unspecified atom stereocenters. The standard InChI is InChI=1S/C25H41NO/c1-4-13-23-18-22(15-10-7-5-6-9-14-21(2)3)19-24(25(23)27)20-26-16-11-8-12-17-26/h4,18-19,21,27H,1,5-17,20H2,2-3H3. The number of aryl methyl sites for hydroxylation is 1. The number of benzene rings is 1. The summed E-state index contributed by atoms with van der Waals surface area (Å²) in [4.78, 5) is 2.49. The molecule has 0 radical (unpaired) electrons. The molecule has 1 aliphatic heterocycles. The Kier molecular flexibility index (Phi) is 9.97. The third-order valence-corrected chi connectivity index (χ3v) is 5.78. The van der Waals surface area contributed by atoms with Gasteiger partial charge in [0.2, 0.25) is 0 Å². The Morgan fingerprint density at radius 1 is 1.00 bits per heavy atom. The highest BCUT2D eigenvalue weighted by molar-refractivity contribution is 5.44. The van der Waals surface area contributed by atoms with Crippen molar-refractivity contribution in [1.29, 1.82) is 0 Å². The van der Waals surface area contributed by atoms with E-state index < -0.39 is 0 Å². The summed E-state index contributed by atoms with van der Waals surface area (Å²) in [5, 5.41) is 10.7. The Labute approximate surface area is 167 Å². The van der Waals surface area contributed by atoms with Gasteiger partial charge in [-0.25, -0.2) is 0 Å². The van der Waals surface area contributed by atoms with Crippen molar-refractivity contribution in [2.24, 2.45) is 5.92 Å². The number of hydrogen-bond donors (Lipinski definition) is 1. The Balaban J connectivity index is 1.89. The van der Waals surface area contributed by atoms with Crippen molar-refractivity contribution >= 4 is 0 Å². The van der Waals surface area contributed by atoms with E-state index in [1.165, 1.54) is 63.4 Å². The number of unbranched alkanes of at least 4 members (excludes halogenated alkanes) is 4. The minimum atomic E-state index is 0.498. The number of hydrogen-bond acceptors (Lipinski definition) is 2. The molecular formula is C25H41NO. The van der Waals surface area contributed by atoms with Crippen molar-refractivity contribution in [2.75, 3.05) is 13.1 Å². The van der Waals surface area contributed by atoms with Crippen molar-refractivity contribution in [3.8, 4) is 5.75 Å². The van der Waals surface area contributed by atoms with E-state index in [1.807, 2.05) is 6.08 Å². The summed E-state index contributed by atoms with van der Waals surface area (Å²) in [6.45, 7) is 11.7. The second-order valence-corrected chi connectivity index (χ2v) is 8.79. The second-order valence-electron chi connectivity index (χ2n) is 8.79. The van der Waals surface area contributed by atoms with E-state index in [-0.39, 0.29) is 0 Å². The van der Waals surface area contributed by atoms with Gasteiger partial charge in [0.05, 0.1) is 0 Å². The van der Waals surface area contributed by atoms with Gasteiger partial charge in [0.25, 0.3) is 0 Å². The van der Waals surface area contributed by atoms with Crippen LogP contribution < -0.4 is 0 Å². The van der Waals surface area contributed by atoms with Gasteiger partial charge in [0.15, 0.2) is 0 Å². The van der Waals surface area contributed by atoms with Gasteiger partial charge in [-0.05, 0) is 62.2 Å². The number of likely N-dealkylation sites (tertiary alicyclic amines) is 1. The average Bonchev–Trinajstić information content (AvgIpc) is 2.65. The first-order chi connectivity index (χ1) is 13.1. The Morgan fingerprint density at radius 3 is 2.37 bits per heavy atom. The Morgan fingerprint density at radius 2 is 1.67 bits per heavy atom. The normalized spacial score (nSPS) is 15.4. The lowest BCUT2D eigenvalue weighted by Crippen LogP contribution is -2.29. The molecule has 2 heteroatoms. The molecule has 1 aromatic rings. The molecule has 1 heterocycles. The molecule has 0 atom stereocenters. The molecular weight excluding hydrogens is 330 g/mol. The molecule has 0 aliphatic carbocycles. The first-order valence-electron chi connectivity index (χ1n) is 11.3. The van der Waals surface area contributed by atoms with Gasteiger partial charge in [-0.3, -0.25) is 4.90 Å². The molecule has 1 N–H and O–H groups in total. The highest BCUT2D eigenvalue weighted by Gasteiger charge is 2.15. The molecule has 0 saturated carbocycles. The second kappa shape index (κ2) is 12.2. The Bertz CT molecular complexity index is 558. The van der Waals surface area contributed by atoms with Crippen LogP contribution in [0.5, 0.6) is 5.75 Å². The zero-order valence-corrected chi connectivity index (χ0v) is 17.8. The van der Waals surface area contributed by atoms with Crippen LogP contribution in [-0.2, 0) is 19.4 Å². The largest absolute Gasteiger partial charge is 0.507 e. The third-order valence-electron chi connectivity index (χ3n) is 5.78. The van der Waals surface area contributed by atoms with Crippen molar-refractivity contribution in [1.82, 2.24) is 4.90 Å². The van der Waals surface area contributed by atoms with E-state index in [0.717, 1.165) is 49.5 Å². The topological polar surface area (TPSA) is 23.5 Å². The summed E-state index contributed by atoms with van der Waals surface area (Å²) in [7, 11) is 0. The summed E-state index contributed by atoms with van der Waals surface area (Å²) in [6, 6.07) is 4.46. The third kappa shape index (κ3) is 8.09. The van der Waals surface area contributed by atoms with Crippen LogP contribution in [0.1, 0.15) is 88.3 Å². The maximum atomic E-state index is 10.7. The minimum Gasteiger partial charge on any atom is -0.507 e. The summed E-state index contributed by atoms with van der Waals surface area (Å²) < 4.78 is 0. The summed E-state index contributed by atoms with van der Waals surface area (Å²) in [5.74, 6) is 1.33. The van der Waals surface area contributed by atoms with Crippen LogP contribution in [-0.4, -0.2) is 23.1 Å². The minimum absolute atomic E-state index is 0.498. The van der Waals surface area contributed by atoms with Gasteiger partial charge in [0, 0.05) is 12.1 Å². The van der Waals surface area contributed by atoms with Crippen LogP contribution in [0.15, 0.2) is 24.8 Å². The summed E-state index contributed by atoms with van der Waals surface area (Å²) in [6.07, 6.45) is 15.7. The lowest BCUT2D eigenvalue weighted by molar-refractivity contribution is 0.218. The monoisotopic (exact) mass is 371 g/mol. The van der Waals surface area contributed by atoms with E-state index in [0.29, 0.717) is 5.75 Å². The van der Waals surface area contributed by atoms with Gasteiger partial charge >= 0.3 is 0 Å². The number of phenolic OH excluding ortho intramolecular Hbond substituents is 1. The van der Waals surface area contributed by atoms with Gasteiger partial charge in [-0.1, -0.05) is 70.6 Å². The maximum Gasteiger partial charge on any atom is 0.123 e. The predicted molar refractivity (Wildman–Crippen MR) is 117 cm³/mol. The van der Waals surface area contributed by atoms with Crippen molar-refractivity contribution in [2.45, 2.75) is 91.0 Å². The lowest BCUT2D eigenvalue weighted by atomic mass is 9.97. The summed E-state index contributed by atoms with van der Waals surface area (Å²) >= 11 is 0. The number of rotatable bonds is 12. The van der Waals surface area contributed by atoms with Crippen LogP contribution in [0.4, 0.5) is 0 Å². The van der Waals surface area contributed by atoms with Crippen molar-refractivity contribution in [3.63, 3.8) is 0 Å². The SMILES string of the molecule is C=CCc1cc(CCCCCCCC(C)C)cc(CN2CCCCC2)c1O. The quantitative estimate of drug-likeness (QED) is 0.328. The lowest BCUT2D eigenvalue weighted by Gasteiger charge is -2.27. The zero-order valence-electron chi connectivity index (χ0n) is 17.8. The van der Waals surface area contributed by atoms with E-state index >= 15 is 0 Å². The van der Waals surface area contributed by atoms with Gasteiger partial charge < -0.3 is 5.11 Å². The first-order valence-corrected chi connectivity index (χ1v) is 11.3. The molecule has 1 aliphatic rings. The smallest absolute Gasteiger partial charge is 0.123 e. The molecule has 0 spiro atoms. The van der Waals surface area contributed by atoms with Crippen LogP contribution in [0.25, 0.3) is 0 Å². The van der Waals surface area contributed by atoms with Crippen molar-refractivity contribution < 1.29 is 5.11 Å². The van der Waals surface area contributed by atoms with Crippen molar-refractivity contribution in [3.05, 3.63) is 41.5 Å². The predicted octanol–water partition coefficient (Wildman–Crippen LogP) is 6.65. The molecule has 0 bridgehead atoms. The van der Waals surface area contributed by atoms with Gasteiger partial charge in [0.1, 0.15) is 5.75 Å². The number of nitrogens with zero attached hydrogens (tertiary/aromatic N) is 1. The highest BCUT2D eigenvalue weighted by Crippen LogP contribution is 2.28. The van der Waals surface area contributed by atoms with Crippen LogP contribution in [0.2, 0.25) is 0 Å². The molecule has 27 heavy (non-hydrogen) atoms. The van der Waals surface area contributed by atoms with E-state index in [1.54, 1.807) is 0 Å². The number of allylic oxidation sites excluding steroid dienone is 1. The molecule has 0 amide bonds. The zero-order chi connectivity index (χ0) is 19.5. The molecule has 1 aromatic carbocycles. The van der Waals surface area contributed by atoms with Crippen LogP contribution in [0, 0.1) is 5.92 Å². The molecule has 2 rings (SSSR count). The van der Waals surface area contributed by atoms with Crippen LogP contribution >= 0.6 is 0 Å². The van der Waals surface area contributed by atoms with E-state index in [4.69, 9.17) is 0 Å². The molecule has 1 fully saturated rings. The molecule has 152 valence electrons. The molecule has 2 nitrogen and oxygen atoms in total. The van der Waals surface area contributed by atoms with Gasteiger partial charge in [-0.15, -0.1) is 6.58 Å². The number of aromatic hydroxyl groups is 1. The average molecular weight is 372 g/mol. The maximum absolute atomic E-state index is 10.7. The molecule has 0 aromatic heterocycles. The van der Waals surface area contributed by atoms with Gasteiger partial charge in [-0.2, -0.15) is 0 Å². The van der Waals surface area contributed by atoms with E-state index in [2.05, 4.69) is 37.5 Å². The fraction of sp³-hybridized carbons (Fsp3) is 0.680. The summed E-state index contributed by atoms with van der Waals surface area (Å²) in [5.41, 5.74) is 3.55. The Hall–Kier alpha value is -1.28. The number of phenols is 1. The van der Waals surface area contributed by atoms with Crippen LogP contribution in [0.3, 0.4) is 0 Å². The number of piperidine rings is 1.